The Morgan fingerprint density at radius 3 is 2.55 bits per heavy atom. The van der Waals surface area contributed by atoms with E-state index in [1.165, 1.54) is 0 Å². The zero-order chi connectivity index (χ0) is 15.0. The van der Waals surface area contributed by atoms with Crippen LogP contribution >= 0.6 is 0 Å². The molecule has 112 valence electrons. The van der Waals surface area contributed by atoms with Gasteiger partial charge in [-0.15, -0.1) is 0 Å². The topological polar surface area (TPSA) is 28.2 Å². The number of hydrogen-bond donors (Lipinski definition) is 1. The molecule has 1 aromatic heterocycles. The Morgan fingerprint density at radius 1 is 1.30 bits per heavy atom. The molecule has 0 aliphatic carbocycles. The van der Waals surface area contributed by atoms with Crippen LogP contribution in [0.1, 0.15) is 32.3 Å². The third-order valence-electron chi connectivity index (χ3n) is 3.62. The van der Waals surface area contributed by atoms with E-state index in [1.807, 2.05) is 4.90 Å². The van der Waals surface area contributed by atoms with Crippen LogP contribution in [0.3, 0.4) is 0 Å². The molecule has 0 aromatic carbocycles. The van der Waals surface area contributed by atoms with Crippen LogP contribution in [0.25, 0.3) is 0 Å². The Balaban J connectivity index is 2.36. The van der Waals surface area contributed by atoms with Crippen molar-refractivity contribution in [2.75, 3.05) is 30.4 Å². The summed E-state index contributed by atoms with van der Waals surface area (Å²) in [6.45, 7) is 5.74. The molecule has 2 heterocycles. The van der Waals surface area contributed by atoms with Crippen LogP contribution in [0.5, 0.6) is 0 Å². The van der Waals surface area contributed by atoms with E-state index in [-0.39, 0.29) is 11.2 Å². The van der Waals surface area contributed by atoms with Crippen molar-refractivity contribution >= 4 is 11.6 Å². The highest BCUT2D eigenvalue weighted by atomic mass is 19.4. The lowest BCUT2D eigenvalue weighted by molar-refractivity contribution is -0.137. The number of nitrogens with zero attached hydrogens (tertiary/aromatic N) is 2. The molecule has 1 fully saturated rings. The Hall–Kier alpha value is -1.46. The van der Waals surface area contributed by atoms with E-state index in [2.05, 4.69) is 24.1 Å². The van der Waals surface area contributed by atoms with Gasteiger partial charge in [-0.25, -0.2) is 4.98 Å². The summed E-state index contributed by atoms with van der Waals surface area (Å²) in [5.41, 5.74) is -0.552. The van der Waals surface area contributed by atoms with E-state index in [0.29, 0.717) is 5.82 Å². The summed E-state index contributed by atoms with van der Waals surface area (Å²) in [5.74, 6) is 0.648. The molecule has 1 aromatic rings. The fraction of sp³-hybridized carbons (Fsp3) is 0.643. The fourth-order valence-corrected chi connectivity index (χ4v) is 2.59. The van der Waals surface area contributed by atoms with Crippen LogP contribution in [-0.2, 0) is 6.18 Å². The van der Waals surface area contributed by atoms with Crippen LogP contribution in [0, 0.1) is 5.41 Å². The van der Waals surface area contributed by atoms with E-state index in [0.717, 1.165) is 38.1 Å². The van der Waals surface area contributed by atoms with Gasteiger partial charge in [-0.1, -0.05) is 13.8 Å². The second kappa shape index (κ2) is 5.14. The highest BCUT2D eigenvalue weighted by Crippen LogP contribution is 2.35. The first-order valence-corrected chi connectivity index (χ1v) is 6.73. The zero-order valence-electron chi connectivity index (χ0n) is 12.0. The van der Waals surface area contributed by atoms with Gasteiger partial charge in [0.15, 0.2) is 0 Å². The third-order valence-corrected chi connectivity index (χ3v) is 3.62. The molecule has 1 aliphatic heterocycles. The number of piperidine rings is 1. The number of rotatable bonds is 2. The van der Waals surface area contributed by atoms with Gasteiger partial charge in [-0.2, -0.15) is 13.2 Å². The van der Waals surface area contributed by atoms with Crippen LogP contribution in [-0.4, -0.2) is 25.1 Å². The molecular weight excluding hydrogens is 267 g/mol. The van der Waals surface area contributed by atoms with Gasteiger partial charge in [0.1, 0.15) is 11.6 Å². The Kier molecular flexibility index (Phi) is 3.84. The Morgan fingerprint density at radius 2 is 2.00 bits per heavy atom. The predicted molar refractivity (Wildman–Crippen MR) is 74.0 cm³/mol. The smallest absolute Gasteiger partial charge is 0.373 e. The largest absolute Gasteiger partial charge is 0.416 e. The minimum atomic E-state index is -4.35. The van der Waals surface area contributed by atoms with Crippen molar-refractivity contribution in [2.24, 2.45) is 5.41 Å². The van der Waals surface area contributed by atoms with Gasteiger partial charge >= 0.3 is 6.18 Å². The SMILES string of the molecule is CNc1cc(C(F)(F)F)cc(N2CCCC(C)(C)C2)n1. The Bertz CT molecular complexity index is 483. The second-order valence-corrected chi connectivity index (χ2v) is 6.04. The molecular formula is C14H20F3N3. The molecule has 2 rings (SSSR count). The first-order valence-electron chi connectivity index (χ1n) is 6.73. The zero-order valence-corrected chi connectivity index (χ0v) is 12.0. The number of anilines is 2. The summed E-state index contributed by atoms with van der Waals surface area (Å²) in [7, 11) is 1.58. The summed E-state index contributed by atoms with van der Waals surface area (Å²) in [6.07, 6.45) is -2.30. The monoisotopic (exact) mass is 287 g/mol. The van der Waals surface area contributed by atoms with Crippen molar-refractivity contribution in [2.45, 2.75) is 32.9 Å². The number of hydrogen-bond acceptors (Lipinski definition) is 3. The average Bonchev–Trinajstić information content (AvgIpc) is 2.36. The number of nitrogens with one attached hydrogen (secondary N) is 1. The van der Waals surface area contributed by atoms with Gasteiger partial charge in [0.05, 0.1) is 5.56 Å². The lowest BCUT2D eigenvalue weighted by Crippen LogP contribution is -2.40. The van der Waals surface area contributed by atoms with Crippen molar-refractivity contribution < 1.29 is 13.2 Å². The van der Waals surface area contributed by atoms with Gasteiger partial charge in [0, 0.05) is 20.1 Å². The molecule has 0 amide bonds. The van der Waals surface area contributed by atoms with Gasteiger partial charge in [0.25, 0.3) is 0 Å². The lowest BCUT2D eigenvalue weighted by atomic mass is 9.84. The van der Waals surface area contributed by atoms with E-state index < -0.39 is 11.7 Å². The highest BCUT2D eigenvalue weighted by Gasteiger charge is 2.33. The van der Waals surface area contributed by atoms with E-state index >= 15 is 0 Å². The highest BCUT2D eigenvalue weighted by molar-refractivity contribution is 5.51. The van der Waals surface area contributed by atoms with Crippen LogP contribution in [0.15, 0.2) is 12.1 Å². The quantitative estimate of drug-likeness (QED) is 0.897. The number of aromatic nitrogens is 1. The number of alkyl halides is 3. The van der Waals surface area contributed by atoms with Crippen LogP contribution in [0.4, 0.5) is 24.8 Å². The van der Waals surface area contributed by atoms with Crippen molar-refractivity contribution in [3.8, 4) is 0 Å². The normalized spacial score (nSPS) is 19.0. The van der Waals surface area contributed by atoms with Crippen molar-refractivity contribution in [1.82, 2.24) is 4.98 Å². The summed E-state index contributed by atoms with van der Waals surface area (Å²) in [5, 5.41) is 2.70. The predicted octanol–water partition coefficient (Wildman–Crippen LogP) is 3.77. The molecule has 0 unspecified atom stereocenters. The third kappa shape index (κ3) is 3.35. The van der Waals surface area contributed by atoms with E-state index in [9.17, 15) is 13.2 Å². The molecule has 1 aliphatic rings. The number of pyridine rings is 1. The minimum absolute atomic E-state index is 0.105. The first kappa shape index (κ1) is 14.9. The summed E-state index contributed by atoms with van der Waals surface area (Å²) >= 11 is 0. The van der Waals surface area contributed by atoms with Crippen molar-refractivity contribution in [1.29, 1.82) is 0 Å². The lowest BCUT2D eigenvalue weighted by Gasteiger charge is -2.39. The van der Waals surface area contributed by atoms with E-state index in [4.69, 9.17) is 0 Å². The summed E-state index contributed by atoms with van der Waals surface area (Å²) < 4.78 is 38.8. The standard InChI is InChI=1S/C14H20F3N3/c1-13(2)5-4-6-20(9-13)12-8-10(14(15,16)17)7-11(18-3)19-12/h7-8H,4-6,9H2,1-3H3,(H,18,19). The van der Waals surface area contributed by atoms with E-state index in [1.54, 1.807) is 7.05 Å². The molecule has 0 saturated carbocycles. The van der Waals surface area contributed by atoms with Gasteiger partial charge in [-0.3, -0.25) is 0 Å². The molecule has 1 saturated heterocycles. The fourth-order valence-electron chi connectivity index (χ4n) is 2.59. The second-order valence-electron chi connectivity index (χ2n) is 6.04. The average molecular weight is 287 g/mol. The molecule has 0 atom stereocenters. The maximum Gasteiger partial charge on any atom is 0.416 e. The molecule has 0 bridgehead atoms. The molecule has 3 nitrogen and oxygen atoms in total. The van der Waals surface area contributed by atoms with Gasteiger partial charge < -0.3 is 10.2 Å². The number of halogens is 3. The molecule has 20 heavy (non-hydrogen) atoms. The van der Waals surface area contributed by atoms with Gasteiger partial charge in [0.2, 0.25) is 0 Å². The summed E-state index contributed by atoms with van der Waals surface area (Å²) in [6, 6.07) is 2.18. The maximum atomic E-state index is 12.9. The molecule has 6 heteroatoms. The van der Waals surface area contributed by atoms with Crippen molar-refractivity contribution in [3.05, 3.63) is 17.7 Å². The molecule has 0 spiro atoms. The maximum absolute atomic E-state index is 12.9. The summed E-state index contributed by atoms with van der Waals surface area (Å²) in [4.78, 5) is 6.21. The molecule has 1 N–H and O–H groups in total. The van der Waals surface area contributed by atoms with Crippen molar-refractivity contribution in [3.63, 3.8) is 0 Å². The van der Waals surface area contributed by atoms with Crippen LogP contribution in [0.2, 0.25) is 0 Å². The minimum Gasteiger partial charge on any atom is -0.373 e. The Labute approximate surface area is 117 Å². The first-order chi connectivity index (χ1) is 9.21. The van der Waals surface area contributed by atoms with Crippen LogP contribution < -0.4 is 10.2 Å². The molecule has 0 radical (unpaired) electrons. The van der Waals surface area contributed by atoms with Gasteiger partial charge in [-0.05, 0) is 30.4 Å².